The molecule has 5 atom stereocenters. The van der Waals surface area contributed by atoms with E-state index in [2.05, 4.69) is 13.7 Å². The molecule has 1 aliphatic heterocycles. The molecule has 1 aliphatic rings. The summed E-state index contributed by atoms with van der Waals surface area (Å²) in [5.74, 6) is -1.58. The lowest BCUT2D eigenvalue weighted by molar-refractivity contribution is -0.278. The van der Waals surface area contributed by atoms with E-state index >= 15 is 0 Å². The number of carboxylic acids is 1. The minimum absolute atomic E-state index is 1.03. The van der Waals surface area contributed by atoms with Crippen LogP contribution >= 0.6 is 0 Å². The van der Waals surface area contributed by atoms with Crippen molar-refractivity contribution in [1.82, 2.24) is 0 Å². The van der Waals surface area contributed by atoms with Gasteiger partial charge in [0, 0.05) is 7.11 Å². The Bertz CT molecular complexity index is 404. The Hall–Kier alpha value is -0.820. The number of methoxy groups -OCH3 is 1. The molecule has 106 valence electrons. The topological polar surface area (TPSA) is 160 Å². The van der Waals surface area contributed by atoms with Crippen LogP contribution in [-0.2, 0) is 28.9 Å². The molecule has 1 heterocycles. The highest BCUT2D eigenvalue weighted by molar-refractivity contribution is 7.80. The van der Waals surface area contributed by atoms with Gasteiger partial charge in [-0.25, -0.2) is 8.98 Å². The lowest BCUT2D eigenvalue weighted by atomic mass is 9.99. The molecule has 0 saturated carbocycles. The fourth-order valence-electron chi connectivity index (χ4n) is 1.56. The van der Waals surface area contributed by atoms with Crippen molar-refractivity contribution in [2.45, 2.75) is 30.7 Å². The zero-order valence-electron chi connectivity index (χ0n) is 9.03. The summed E-state index contributed by atoms with van der Waals surface area (Å²) in [5, 5.41) is 27.7. The number of aliphatic hydroxyl groups is 2. The Labute approximate surface area is 102 Å². The average Bonchev–Trinajstić information content (AvgIpc) is 2.21. The molecule has 0 aliphatic carbocycles. The molecule has 0 aromatic heterocycles. The number of rotatable bonds is 4. The summed E-state index contributed by atoms with van der Waals surface area (Å²) in [6.07, 6.45) is -8.93. The molecule has 0 radical (unpaired) electrons. The van der Waals surface area contributed by atoms with Crippen LogP contribution in [0.4, 0.5) is 0 Å². The first-order valence-electron chi connectivity index (χ1n) is 4.60. The van der Waals surface area contributed by atoms with Gasteiger partial charge in [0.25, 0.3) is 0 Å². The number of aliphatic carboxylic acids is 1. The third-order valence-electron chi connectivity index (χ3n) is 2.29. The predicted molar refractivity (Wildman–Crippen MR) is 51.7 cm³/mol. The molecule has 0 aromatic rings. The molecule has 10 nitrogen and oxygen atoms in total. The molecule has 4 N–H and O–H groups in total. The van der Waals surface area contributed by atoms with Gasteiger partial charge in [-0.15, -0.1) is 0 Å². The molecule has 1 saturated heterocycles. The van der Waals surface area contributed by atoms with Crippen LogP contribution < -0.4 is 0 Å². The van der Waals surface area contributed by atoms with Gasteiger partial charge in [0.05, 0.1) is 0 Å². The zero-order valence-corrected chi connectivity index (χ0v) is 9.85. The quantitative estimate of drug-likeness (QED) is 0.402. The van der Waals surface area contributed by atoms with Crippen molar-refractivity contribution < 1.29 is 46.7 Å². The average molecular weight is 288 g/mol. The van der Waals surface area contributed by atoms with Crippen LogP contribution in [0.3, 0.4) is 0 Å². The van der Waals surface area contributed by atoms with Crippen LogP contribution in [-0.4, -0.2) is 72.1 Å². The van der Waals surface area contributed by atoms with Crippen LogP contribution in [0.15, 0.2) is 0 Å². The molecule has 11 heteroatoms. The summed E-state index contributed by atoms with van der Waals surface area (Å²) in [5.41, 5.74) is 0. The fourth-order valence-corrected chi connectivity index (χ4v) is 2.04. The van der Waals surface area contributed by atoms with Gasteiger partial charge in [0.2, 0.25) is 0 Å². The van der Waals surface area contributed by atoms with Crippen LogP contribution in [0.5, 0.6) is 0 Å². The molecule has 1 fully saturated rings. The molecule has 0 aromatic carbocycles. The Morgan fingerprint density at radius 2 is 1.83 bits per heavy atom. The summed E-state index contributed by atoms with van der Waals surface area (Å²) < 4.78 is 42.8. The van der Waals surface area contributed by atoms with Crippen LogP contribution in [0.25, 0.3) is 0 Å². The second-order valence-corrected chi connectivity index (χ2v) is 4.51. The monoisotopic (exact) mass is 288 g/mol. The summed E-state index contributed by atoms with van der Waals surface area (Å²) in [7, 11) is -3.91. The number of carbonyl (C=O) groups is 1. The van der Waals surface area contributed by atoms with E-state index in [-0.39, 0.29) is 0 Å². The van der Waals surface area contributed by atoms with Gasteiger partial charge in [-0.2, -0.15) is 8.42 Å². The molecule has 0 amide bonds. The van der Waals surface area contributed by atoms with Gasteiger partial charge < -0.3 is 24.8 Å². The maximum absolute atomic E-state index is 10.7. The maximum Gasteiger partial charge on any atom is 0.397 e. The van der Waals surface area contributed by atoms with Crippen molar-refractivity contribution >= 4 is 16.4 Å². The van der Waals surface area contributed by atoms with Gasteiger partial charge in [-0.1, -0.05) is 0 Å². The molecule has 0 bridgehead atoms. The van der Waals surface area contributed by atoms with Crippen LogP contribution in [0.2, 0.25) is 0 Å². The Balaban J connectivity index is 2.96. The second kappa shape index (κ2) is 5.44. The molecule has 0 unspecified atom stereocenters. The number of ether oxygens (including phenoxy) is 2. The summed E-state index contributed by atoms with van der Waals surface area (Å²) in [4.78, 5) is 10.7. The van der Waals surface area contributed by atoms with Crippen molar-refractivity contribution in [3.8, 4) is 0 Å². The van der Waals surface area contributed by atoms with Gasteiger partial charge >= 0.3 is 16.4 Å². The van der Waals surface area contributed by atoms with E-state index in [1.54, 1.807) is 0 Å². The van der Waals surface area contributed by atoms with Gasteiger partial charge in [0.1, 0.15) is 12.2 Å². The van der Waals surface area contributed by atoms with E-state index in [9.17, 15) is 23.4 Å². The van der Waals surface area contributed by atoms with E-state index in [1.165, 1.54) is 0 Å². The summed E-state index contributed by atoms with van der Waals surface area (Å²) in [6.45, 7) is 0. The molecule has 1 rings (SSSR count). The second-order valence-electron chi connectivity index (χ2n) is 3.46. The first-order valence-corrected chi connectivity index (χ1v) is 5.96. The highest BCUT2D eigenvalue weighted by atomic mass is 32.3. The van der Waals surface area contributed by atoms with Crippen molar-refractivity contribution in [3.63, 3.8) is 0 Å². The third kappa shape index (κ3) is 3.35. The van der Waals surface area contributed by atoms with Crippen molar-refractivity contribution in [2.24, 2.45) is 0 Å². The molecular weight excluding hydrogens is 276 g/mol. The zero-order chi connectivity index (χ0) is 14.1. The number of aliphatic hydroxyl groups excluding tert-OH is 2. The normalized spacial score (nSPS) is 37.4. The molecular formula is C7H12O10S. The molecule has 18 heavy (non-hydrogen) atoms. The number of hydrogen-bond acceptors (Lipinski definition) is 8. The smallest absolute Gasteiger partial charge is 0.397 e. The highest BCUT2D eigenvalue weighted by Crippen LogP contribution is 2.25. The first kappa shape index (κ1) is 15.2. The van der Waals surface area contributed by atoms with Crippen molar-refractivity contribution in [2.75, 3.05) is 7.11 Å². The van der Waals surface area contributed by atoms with Crippen LogP contribution in [0.1, 0.15) is 0 Å². The number of hydrogen-bond donors (Lipinski definition) is 4. The van der Waals surface area contributed by atoms with E-state index < -0.39 is 47.1 Å². The van der Waals surface area contributed by atoms with Crippen molar-refractivity contribution in [1.29, 1.82) is 0 Å². The highest BCUT2D eigenvalue weighted by Gasteiger charge is 2.50. The van der Waals surface area contributed by atoms with E-state index in [0.717, 1.165) is 7.11 Å². The largest absolute Gasteiger partial charge is 0.479 e. The number of carboxylic acid groups (broad SMARTS) is 1. The predicted octanol–water partition coefficient (Wildman–Crippen LogP) is -2.65. The first-order chi connectivity index (χ1) is 8.17. The minimum atomic E-state index is -4.94. The maximum atomic E-state index is 10.7. The SMILES string of the molecule is CO[C@H]1[C@H](O)[C@H](C(=O)O)O[C@@H](O)[C@@H]1OS(=O)(=O)O. The Kier molecular flexibility index (Phi) is 4.61. The Morgan fingerprint density at radius 1 is 1.28 bits per heavy atom. The summed E-state index contributed by atoms with van der Waals surface area (Å²) in [6, 6.07) is 0. The third-order valence-corrected chi connectivity index (χ3v) is 2.75. The van der Waals surface area contributed by atoms with E-state index in [1.807, 2.05) is 0 Å². The van der Waals surface area contributed by atoms with E-state index in [4.69, 9.17) is 9.66 Å². The van der Waals surface area contributed by atoms with Gasteiger partial charge in [0.15, 0.2) is 18.5 Å². The fraction of sp³-hybridized carbons (Fsp3) is 0.857. The molecule has 0 spiro atoms. The van der Waals surface area contributed by atoms with Gasteiger partial charge in [-0.05, 0) is 0 Å². The summed E-state index contributed by atoms with van der Waals surface area (Å²) >= 11 is 0. The lowest BCUT2D eigenvalue weighted by Crippen LogP contribution is -2.61. The standard InChI is InChI=1S/C7H12O10S/c1-15-3-2(8)4(6(9)10)16-7(11)5(3)17-18(12,13)14/h2-5,7-8,11H,1H3,(H,9,10)(H,12,13,14)/t2-,3-,4+,5+,7+/m0/s1. The van der Waals surface area contributed by atoms with Crippen molar-refractivity contribution in [3.05, 3.63) is 0 Å². The van der Waals surface area contributed by atoms with Crippen LogP contribution in [0, 0.1) is 0 Å². The lowest BCUT2D eigenvalue weighted by Gasteiger charge is -2.39. The van der Waals surface area contributed by atoms with E-state index in [0.29, 0.717) is 0 Å². The minimum Gasteiger partial charge on any atom is -0.479 e. The van der Waals surface area contributed by atoms with Gasteiger partial charge in [-0.3, -0.25) is 4.55 Å². The Morgan fingerprint density at radius 3 is 2.22 bits per heavy atom.